The quantitative estimate of drug-likeness (QED) is 0.143. The van der Waals surface area contributed by atoms with Crippen LogP contribution < -0.4 is 0 Å². The Bertz CT molecular complexity index is 457. The van der Waals surface area contributed by atoms with Crippen LogP contribution in [0, 0.1) is 0 Å². The summed E-state index contributed by atoms with van der Waals surface area (Å²) >= 11 is 0. The second kappa shape index (κ2) is 16.9. The van der Waals surface area contributed by atoms with Gasteiger partial charge < -0.3 is 9.47 Å². The number of ether oxygens (including phenoxy) is 2. The Morgan fingerprint density at radius 1 is 0.750 bits per heavy atom. The minimum atomic E-state index is -0.350. The average Bonchev–Trinajstić information content (AvgIpc) is 2.66. The molecule has 0 aromatic carbocycles. The predicted molar refractivity (Wildman–Crippen MR) is 120 cm³/mol. The first-order valence-corrected chi connectivity index (χ1v) is 11.9. The lowest BCUT2D eigenvalue weighted by molar-refractivity contribution is -0.139. The molecule has 0 atom stereocenters. The van der Waals surface area contributed by atoms with Crippen molar-refractivity contribution in [3.63, 3.8) is 0 Å². The number of hydrogen-bond donors (Lipinski definition) is 0. The molecule has 0 N–H and O–H groups in total. The highest BCUT2D eigenvalue weighted by atomic mass is 33.1. The maximum atomic E-state index is 11.5. The molecule has 28 heavy (non-hydrogen) atoms. The zero-order chi connectivity index (χ0) is 21.4. The molecule has 0 aliphatic rings. The summed E-state index contributed by atoms with van der Waals surface area (Å²) in [5.74, 6) is -0.700. The van der Waals surface area contributed by atoms with Crippen molar-refractivity contribution >= 4 is 33.9 Å². The van der Waals surface area contributed by atoms with Gasteiger partial charge in [0.2, 0.25) is 0 Å². The number of esters is 2. The van der Waals surface area contributed by atoms with Crippen LogP contribution >= 0.6 is 22.0 Å². The van der Waals surface area contributed by atoms with E-state index in [9.17, 15) is 9.59 Å². The number of carbonyl (C=O) groups is 2. The molecule has 0 amide bonds. The minimum absolute atomic E-state index is 0.341. The number of hydrogen-bond acceptors (Lipinski definition) is 8. The molecule has 0 saturated carbocycles. The molecule has 0 fully saturated rings. The fraction of sp³-hybridized carbons (Fsp3) is 0.700. The Morgan fingerprint density at radius 3 is 1.39 bits per heavy atom. The van der Waals surface area contributed by atoms with Crippen molar-refractivity contribution in [2.24, 2.45) is 0 Å². The van der Waals surface area contributed by atoms with Crippen LogP contribution in [0.5, 0.6) is 0 Å². The Kier molecular flexibility index (Phi) is 16.4. The van der Waals surface area contributed by atoms with Gasteiger partial charge in [0.15, 0.2) is 0 Å². The van der Waals surface area contributed by atoms with Crippen molar-refractivity contribution in [3.05, 3.63) is 24.3 Å². The zero-order valence-electron chi connectivity index (χ0n) is 17.8. The topological polar surface area (TPSA) is 59.1 Å². The first-order chi connectivity index (χ1) is 13.3. The van der Waals surface area contributed by atoms with Crippen LogP contribution in [0.2, 0.25) is 0 Å². The molecule has 162 valence electrons. The molecule has 0 radical (unpaired) electrons. The second-order valence-corrected chi connectivity index (χ2v) is 8.77. The van der Waals surface area contributed by atoms with Gasteiger partial charge in [0, 0.05) is 59.3 Å². The lowest BCUT2D eigenvalue weighted by atomic mass is 10.3. The van der Waals surface area contributed by atoms with Crippen molar-refractivity contribution in [1.82, 2.24) is 8.61 Å². The molecule has 0 spiro atoms. The van der Waals surface area contributed by atoms with Gasteiger partial charge in [-0.2, -0.15) is 0 Å². The van der Waals surface area contributed by atoms with Crippen LogP contribution in [-0.4, -0.2) is 59.9 Å². The van der Waals surface area contributed by atoms with Crippen molar-refractivity contribution < 1.29 is 19.1 Å². The summed E-state index contributed by atoms with van der Waals surface area (Å²) in [5.41, 5.74) is 0.828. The molecule has 0 aliphatic heterocycles. The molecular formula is C20H36N2O4S2. The van der Waals surface area contributed by atoms with E-state index >= 15 is 0 Å². The predicted octanol–water partition coefficient (Wildman–Crippen LogP) is 4.64. The maximum Gasteiger partial charge on any atom is 0.333 e. The van der Waals surface area contributed by atoms with E-state index in [1.165, 1.54) is 0 Å². The summed E-state index contributed by atoms with van der Waals surface area (Å²) in [5, 5.41) is 0. The molecule has 0 aliphatic carbocycles. The summed E-state index contributed by atoms with van der Waals surface area (Å²) in [6, 6.07) is 0. The van der Waals surface area contributed by atoms with Gasteiger partial charge in [-0.05, 0) is 26.7 Å². The van der Waals surface area contributed by atoms with Crippen molar-refractivity contribution in [3.8, 4) is 0 Å². The van der Waals surface area contributed by atoms with Gasteiger partial charge in [0.25, 0.3) is 0 Å². The largest absolute Gasteiger partial charge is 0.461 e. The molecular weight excluding hydrogens is 396 g/mol. The molecule has 0 bridgehead atoms. The van der Waals surface area contributed by atoms with E-state index in [0.29, 0.717) is 37.4 Å². The Hall–Kier alpha value is -0.960. The molecule has 0 rings (SSSR count). The second-order valence-electron chi connectivity index (χ2n) is 6.55. The minimum Gasteiger partial charge on any atom is -0.461 e. The number of carbonyl (C=O) groups excluding carboxylic acids is 2. The van der Waals surface area contributed by atoms with Crippen LogP contribution in [0.15, 0.2) is 24.3 Å². The van der Waals surface area contributed by atoms with E-state index in [2.05, 4.69) is 35.6 Å². The first kappa shape index (κ1) is 27.0. The van der Waals surface area contributed by atoms with Crippen LogP contribution in [0.25, 0.3) is 0 Å². The van der Waals surface area contributed by atoms with Crippen LogP contribution in [0.3, 0.4) is 0 Å². The normalized spacial score (nSPS) is 10.9. The van der Waals surface area contributed by atoms with Gasteiger partial charge >= 0.3 is 11.9 Å². The Balaban J connectivity index is 4.49. The maximum absolute atomic E-state index is 11.5. The van der Waals surface area contributed by atoms with Crippen molar-refractivity contribution in [2.45, 2.75) is 53.4 Å². The Morgan fingerprint density at radius 2 is 1.11 bits per heavy atom. The number of nitrogens with zero attached hydrogens (tertiary/aromatic N) is 2. The lowest BCUT2D eigenvalue weighted by Gasteiger charge is -2.25. The van der Waals surface area contributed by atoms with Gasteiger partial charge in [-0.15, -0.1) is 0 Å². The highest BCUT2D eigenvalue weighted by Crippen LogP contribution is 2.30. The molecule has 0 aromatic rings. The van der Waals surface area contributed by atoms with E-state index in [0.717, 1.165) is 38.8 Å². The van der Waals surface area contributed by atoms with E-state index in [-0.39, 0.29) is 11.9 Å². The van der Waals surface area contributed by atoms with E-state index < -0.39 is 0 Å². The van der Waals surface area contributed by atoms with Crippen LogP contribution in [0.4, 0.5) is 0 Å². The smallest absolute Gasteiger partial charge is 0.333 e. The number of unbranched alkanes of at least 4 members (excludes halogenated alkanes) is 2. The van der Waals surface area contributed by atoms with Gasteiger partial charge in [-0.3, -0.25) is 0 Å². The highest BCUT2D eigenvalue weighted by molar-refractivity contribution is 8.74. The van der Waals surface area contributed by atoms with Gasteiger partial charge in [-0.25, -0.2) is 18.2 Å². The standard InChI is InChI=1S/C20H36N2O4S2/c1-7-9-11-21(13-15-25-19(23)17(3)4)27-28-22(12-10-8-2)14-16-26-20(24)18(5)6/h3,5,7-16H2,1-2,4,6H3. The third-order valence-electron chi connectivity index (χ3n) is 3.61. The summed E-state index contributed by atoms with van der Waals surface area (Å²) in [7, 11) is 3.30. The third kappa shape index (κ3) is 14.1. The summed E-state index contributed by atoms with van der Waals surface area (Å²) in [6.07, 6.45) is 4.35. The fourth-order valence-corrected chi connectivity index (χ4v) is 4.22. The Labute approximate surface area is 178 Å². The van der Waals surface area contributed by atoms with E-state index in [4.69, 9.17) is 9.47 Å². The van der Waals surface area contributed by atoms with Gasteiger partial charge in [0.1, 0.15) is 13.2 Å². The average molecular weight is 433 g/mol. The molecule has 0 unspecified atom stereocenters. The summed E-state index contributed by atoms with van der Waals surface area (Å²) in [4.78, 5) is 23.1. The first-order valence-electron chi connectivity index (χ1n) is 9.81. The number of rotatable bonds is 17. The molecule has 0 heterocycles. The van der Waals surface area contributed by atoms with Gasteiger partial charge in [0.05, 0.1) is 0 Å². The molecule has 0 aromatic heterocycles. The van der Waals surface area contributed by atoms with Gasteiger partial charge in [-0.1, -0.05) is 39.8 Å². The third-order valence-corrected chi connectivity index (χ3v) is 6.29. The lowest BCUT2D eigenvalue weighted by Crippen LogP contribution is -2.26. The van der Waals surface area contributed by atoms with Crippen LogP contribution in [0.1, 0.15) is 53.4 Å². The highest BCUT2D eigenvalue weighted by Gasteiger charge is 2.13. The summed E-state index contributed by atoms with van der Waals surface area (Å²) < 4.78 is 14.8. The summed E-state index contributed by atoms with van der Waals surface area (Å²) in [6.45, 7) is 18.6. The monoisotopic (exact) mass is 432 g/mol. The van der Waals surface area contributed by atoms with Crippen LogP contribution in [-0.2, 0) is 19.1 Å². The molecule has 8 heteroatoms. The van der Waals surface area contributed by atoms with Crippen molar-refractivity contribution in [2.75, 3.05) is 39.4 Å². The van der Waals surface area contributed by atoms with E-state index in [1.807, 2.05) is 0 Å². The van der Waals surface area contributed by atoms with Crippen molar-refractivity contribution in [1.29, 1.82) is 0 Å². The molecule has 6 nitrogen and oxygen atoms in total. The SMILES string of the molecule is C=C(C)C(=O)OCCN(CCCC)SSN(CCCC)CCOC(=O)C(=C)C. The van der Waals surface area contributed by atoms with E-state index in [1.54, 1.807) is 35.8 Å². The zero-order valence-corrected chi connectivity index (χ0v) is 19.5. The fourth-order valence-electron chi connectivity index (χ4n) is 1.86. The molecule has 0 saturated heterocycles.